The lowest BCUT2D eigenvalue weighted by Crippen LogP contribution is -2.37. The zero-order valence-corrected chi connectivity index (χ0v) is 9.68. The summed E-state index contributed by atoms with van der Waals surface area (Å²) < 4.78 is 0. The molecule has 0 radical (unpaired) electrons. The first-order valence-electron chi connectivity index (χ1n) is 6.09. The summed E-state index contributed by atoms with van der Waals surface area (Å²) in [6.45, 7) is 11.2. The molecule has 2 aliphatic heterocycles. The molecule has 2 fully saturated rings. The smallest absolute Gasteiger partial charge is 0.00333 e. The Morgan fingerprint density at radius 1 is 1.43 bits per heavy atom. The van der Waals surface area contributed by atoms with E-state index < -0.39 is 0 Å². The molecule has 2 nitrogen and oxygen atoms in total. The Morgan fingerprint density at radius 2 is 2.29 bits per heavy atom. The van der Waals surface area contributed by atoms with Crippen molar-refractivity contribution in [2.45, 2.75) is 33.1 Å². The van der Waals surface area contributed by atoms with Gasteiger partial charge in [-0.3, -0.25) is 0 Å². The van der Waals surface area contributed by atoms with E-state index in [4.69, 9.17) is 0 Å². The minimum atomic E-state index is 0.572. The van der Waals surface area contributed by atoms with E-state index >= 15 is 0 Å². The van der Waals surface area contributed by atoms with Crippen LogP contribution in [0.1, 0.15) is 33.1 Å². The average Bonchev–Trinajstić information content (AvgIpc) is 2.47. The van der Waals surface area contributed by atoms with Crippen LogP contribution in [0, 0.1) is 11.3 Å². The second-order valence-electron chi connectivity index (χ2n) is 5.86. The van der Waals surface area contributed by atoms with E-state index in [1.807, 2.05) is 0 Å². The maximum absolute atomic E-state index is 3.50. The molecule has 2 saturated heterocycles. The highest BCUT2D eigenvalue weighted by Gasteiger charge is 2.30. The van der Waals surface area contributed by atoms with Crippen LogP contribution in [0.2, 0.25) is 0 Å². The summed E-state index contributed by atoms with van der Waals surface area (Å²) in [5.74, 6) is 0.914. The highest BCUT2D eigenvalue weighted by atomic mass is 15.2. The van der Waals surface area contributed by atoms with Gasteiger partial charge in [-0.2, -0.15) is 0 Å². The summed E-state index contributed by atoms with van der Waals surface area (Å²) in [4.78, 5) is 2.66. The fourth-order valence-electron chi connectivity index (χ4n) is 2.83. The first-order chi connectivity index (χ1) is 6.66. The monoisotopic (exact) mass is 196 g/mol. The third kappa shape index (κ3) is 2.71. The van der Waals surface area contributed by atoms with Crippen molar-refractivity contribution in [3.63, 3.8) is 0 Å². The minimum Gasteiger partial charge on any atom is -0.316 e. The fourth-order valence-corrected chi connectivity index (χ4v) is 2.83. The molecule has 2 heteroatoms. The number of rotatable bonds is 2. The quantitative estimate of drug-likeness (QED) is 0.723. The van der Waals surface area contributed by atoms with Crippen LogP contribution >= 0.6 is 0 Å². The molecule has 2 aliphatic rings. The lowest BCUT2D eigenvalue weighted by Gasteiger charge is -2.28. The van der Waals surface area contributed by atoms with Crippen molar-refractivity contribution in [1.29, 1.82) is 0 Å². The number of hydrogen-bond acceptors (Lipinski definition) is 2. The van der Waals surface area contributed by atoms with E-state index in [2.05, 4.69) is 24.1 Å². The molecule has 0 saturated carbocycles. The highest BCUT2D eigenvalue weighted by Crippen LogP contribution is 2.29. The van der Waals surface area contributed by atoms with Crippen LogP contribution in [0.25, 0.3) is 0 Å². The number of likely N-dealkylation sites (tertiary alicyclic amines) is 1. The van der Waals surface area contributed by atoms with E-state index in [1.54, 1.807) is 0 Å². The van der Waals surface area contributed by atoms with Gasteiger partial charge in [0.15, 0.2) is 0 Å². The van der Waals surface area contributed by atoms with Crippen LogP contribution < -0.4 is 5.32 Å². The molecule has 0 aromatic heterocycles. The fraction of sp³-hybridized carbons (Fsp3) is 1.00. The first kappa shape index (κ1) is 10.4. The van der Waals surface area contributed by atoms with Gasteiger partial charge in [0.05, 0.1) is 0 Å². The first-order valence-corrected chi connectivity index (χ1v) is 6.09. The molecule has 0 aliphatic carbocycles. The van der Waals surface area contributed by atoms with Gasteiger partial charge in [-0.05, 0) is 50.2 Å². The SMILES string of the molecule is CC1(C)CCN(CC2CCCNC2)C1. The second kappa shape index (κ2) is 4.19. The Hall–Kier alpha value is -0.0800. The Kier molecular flexibility index (Phi) is 3.13. The molecular weight excluding hydrogens is 172 g/mol. The van der Waals surface area contributed by atoms with E-state index in [9.17, 15) is 0 Å². The molecule has 1 N–H and O–H groups in total. The number of piperidine rings is 1. The zero-order valence-electron chi connectivity index (χ0n) is 9.68. The zero-order chi connectivity index (χ0) is 10.0. The van der Waals surface area contributed by atoms with Crippen molar-refractivity contribution in [2.24, 2.45) is 11.3 Å². The summed E-state index contributed by atoms with van der Waals surface area (Å²) in [6.07, 6.45) is 4.19. The Bertz CT molecular complexity index is 183. The third-order valence-corrected chi connectivity index (χ3v) is 3.67. The van der Waals surface area contributed by atoms with Gasteiger partial charge in [-0.25, -0.2) is 0 Å². The van der Waals surface area contributed by atoms with Gasteiger partial charge in [0.1, 0.15) is 0 Å². The van der Waals surface area contributed by atoms with Crippen molar-refractivity contribution >= 4 is 0 Å². The van der Waals surface area contributed by atoms with Gasteiger partial charge in [-0.15, -0.1) is 0 Å². The molecular formula is C12H24N2. The topological polar surface area (TPSA) is 15.3 Å². The van der Waals surface area contributed by atoms with Crippen LogP contribution in [-0.2, 0) is 0 Å². The maximum Gasteiger partial charge on any atom is 0.00333 e. The Labute approximate surface area is 88.1 Å². The second-order valence-corrected chi connectivity index (χ2v) is 5.86. The summed E-state index contributed by atoms with van der Waals surface area (Å²) >= 11 is 0. The molecule has 82 valence electrons. The Balaban J connectivity index is 1.75. The summed E-state index contributed by atoms with van der Waals surface area (Å²) in [7, 11) is 0. The molecule has 1 atom stereocenters. The van der Waals surface area contributed by atoms with Gasteiger partial charge < -0.3 is 10.2 Å². The number of nitrogens with one attached hydrogen (secondary N) is 1. The maximum atomic E-state index is 3.50. The molecule has 2 heterocycles. The lowest BCUT2D eigenvalue weighted by atomic mass is 9.93. The Morgan fingerprint density at radius 3 is 2.86 bits per heavy atom. The molecule has 2 rings (SSSR count). The van der Waals surface area contributed by atoms with Gasteiger partial charge in [0, 0.05) is 13.1 Å². The van der Waals surface area contributed by atoms with Crippen LogP contribution in [-0.4, -0.2) is 37.6 Å². The van der Waals surface area contributed by atoms with E-state index in [-0.39, 0.29) is 0 Å². The van der Waals surface area contributed by atoms with Crippen LogP contribution in [0.5, 0.6) is 0 Å². The lowest BCUT2D eigenvalue weighted by molar-refractivity contribution is 0.224. The van der Waals surface area contributed by atoms with Gasteiger partial charge in [0.25, 0.3) is 0 Å². The number of nitrogens with zero attached hydrogens (tertiary/aromatic N) is 1. The van der Waals surface area contributed by atoms with Gasteiger partial charge >= 0.3 is 0 Å². The van der Waals surface area contributed by atoms with Gasteiger partial charge in [-0.1, -0.05) is 13.8 Å². The molecule has 0 amide bonds. The summed E-state index contributed by atoms with van der Waals surface area (Å²) in [5, 5.41) is 3.50. The molecule has 1 unspecified atom stereocenters. The van der Waals surface area contributed by atoms with E-state index in [1.165, 1.54) is 52.0 Å². The molecule has 14 heavy (non-hydrogen) atoms. The number of hydrogen-bond donors (Lipinski definition) is 1. The predicted molar refractivity (Wildman–Crippen MR) is 60.4 cm³/mol. The van der Waals surface area contributed by atoms with E-state index in [0.717, 1.165) is 5.92 Å². The molecule has 0 aromatic rings. The van der Waals surface area contributed by atoms with Crippen molar-refractivity contribution in [1.82, 2.24) is 10.2 Å². The highest BCUT2D eigenvalue weighted by molar-refractivity contribution is 4.84. The average molecular weight is 196 g/mol. The predicted octanol–water partition coefficient (Wildman–Crippen LogP) is 1.72. The van der Waals surface area contributed by atoms with Crippen molar-refractivity contribution < 1.29 is 0 Å². The molecule has 0 aromatic carbocycles. The van der Waals surface area contributed by atoms with Crippen LogP contribution in [0.4, 0.5) is 0 Å². The minimum absolute atomic E-state index is 0.572. The van der Waals surface area contributed by atoms with Crippen molar-refractivity contribution in [3.05, 3.63) is 0 Å². The standard InChI is InChI=1S/C12H24N2/c1-12(2)5-7-14(10-12)9-11-4-3-6-13-8-11/h11,13H,3-10H2,1-2H3. The molecule has 0 bridgehead atoms. The van der Waals surface area contributed by atoms with Crippen LogP contribution in [0.15, 0.2) is 0 Å². The van der Waals surface area contributed by atoms with Crippen molar-refractivity contribution in [2.75, 3.05) is 32.7 Å². The van der Waals surface area contributed by atoms with Crippen molar-refractivity contribution in [3.8, 4) is 0 Å². The molecule has 0 spiro atoms. The summed E-state index contributed by atoms with van der Waals surface area (Å²) in [5.41, 5.74) is 0.572. The van der Waals surface area contributed by atoms with Gasteiger partial charge in [0.2, 0.25) is 0 Å². The largest absolute Gasteiger partial charge is 0.316 e. The summed E-state index contributed by atoms with van der Waals surface area (Å²) in [6, 6.07) is 0. The third-order valence-electron chi connectivity index (χ3n) is 3.67. The van der Waals surface area contributed by atoms with Crippen LogP contribution in [0.3, 0.4) is 0 Å². The van der Waals surface area contributed by atoms with E-state index in [0.29, 0.717) is 5.41 Å². The normalized spacial score (nSPS) is 33.4.